The maximum atomic E-state index is 12.2. The molecule has 1 aromatic heterocycles. The lowest BCUT2D eigenvalue weighted by Gasteiger charge is -2.32. The van der Waals surface area contributed by atoms with Gasteiger partial charge in [0.25, 0.3) is 0 Å². The Morgan fingerprint density at radius 1 is 0.976 bits per heavy atom. The smallest absolute Gasteiger partial charge is 0.497 e. The first-order chi connectivity index (χ1) is 19.6. The Hall–Kier alpha value is -2.78. The summed E-state index contributed by atoms with van der Waals surface area (Å²) >= 11 is 0. The van der Waals surface area contributed by atoms with Crippen LogP contribution in [0.4, 0.5) is 0 Å². The number of nitrogens with zero attached hydrogens (tertiary/aromatic N) is 1. The van der Waals surface area contributed by atoms with E-state index >= 15 is 0 Å². The summed E-state index contributed by atoms with van der Waals surface area (Å²) in [4.78, 5) is 16.7. The lowest BCUT2D eigenvalue weighted by Crippen LogP contribution is -2.41. The van der Waals surface area contributed by atoms with Gasteiger partial charge >= 0.3 is 13.1 Å². The van der Waals surface area contributed by atoms with Crippen molar-refractivity contribution < 1.29 is 33.1 Å². The van der Waals surface area contributed by atoms with Gasteiger partial charge in [0.1, 0.15) is 17.6 Å². The first-order valence-corrected chi connectivity index (χ1v) is 15.1. The molecule has 1 saturated heterocycles. The molecule has 2 heterocycles. The minimum atomic E-state index is -0.512. The van der Waals surface area contributed by atoms with Gasteiger partial charge in [-0.05, 0) is 103 Å². The van der Waals surface area contributed by atoms with Crippen LogP contribution >= 0.6 is 0 Å². The fourth-order valence-corrected chi connectivity index (χ4v) is 5.70. The number of carbonyl (C=O) groups is 1. The molecule has 1 atom stereocenters. The maximum absolute atomic E-state index is 12.2. The summed E-state index contributed by atoms with van der Waals surface area (Å²) < 4.78 is 36.3. The Labute approximate surface area is 244 Å². The van der Waals surface area contributed by atoms with E-state index in [1.54, 1.807) is 13.3 Å². The molecule has 1 aliphatic heterocycles. The highest BCUT2D eigenvalue weighted by atomic mass is 16.7. The van der Waals surface area contributed by atoms with Gasteiger partial charge in [-0.25, -0.2) is 4.98 Å². The molecule has 8 nitrogen and oxygen atoms in total. The molecule has 1 unspecified atom stereocenters. The van der Waals surface area contributed by atoms with Crippen LogP contribution in [0.2, 0.25) is 0 Å². The van der Waals surface area contributed by atoms with Crippen molar-refractivity contribution in [2.75, 3.05) is 13.7 Å². The average Bonchev–Trinajstić information content (AvgIpc) is 3.74. The number of pyridine rings is 1. The summed E-state index contributed by atoms with van der Waals surface area (Å²) in [6, 6.07) is 9.83. The molecule has 0 spiro atoms. The quantitative estimate of drug-likeness (QED) is 0.257. The number of esters is 1. The molecule has 41 heavy (non-hydrogen) atoms. The van der Waals surface area contributed by atoms with Gasteiger partial charge in [-0.1, -0.05) is 6.07 Å². The Bertz CT molecular complexity index is 1190. The summed E-state index contributed by atoms with van der Waals surface area (Å²) in [5, 5.41) is 0. The number of hydrogen-bond acceptors (Lipinski definition) is 8. The third kappa shape index (κ3) is 7.00. The third-order valence-corrected chi connectivity index (χ3v) is 9.00. The molecule has 0 amide bonds. The fraction of sp³-hybridized carbons (Fsp3) is 0.625. The molecule has 222 valence electrons. The zero-order valence-electron chi connectivity index (χ0n) is 25.3. The van der Waals surface area contributed by atoms with E-state index in [4.69, 9.17) is 28.3 Å². The molecule has 0 N–H and O–H groups in total. The molecule has 2 saturated carbocycles. The first kappa shape index (κ1) is 29.7. The van der Waals surface area contributed by atoms with Crippen LogP contribution in [0.5, 0.6) is 17.4 Å². The highest BCUT2D eigenvalue weighted by Gasteiger charge is 2.52. The van der Waals surface area contributed by atoms with Crippen molar-refractivity contribution in [3.8, 4) is 17.4 Å². The van der Waals surface area contributed by atoms with E-state index in [-0.39, 0.29) is 24.1 Å². The molecule has 3 fully saturated rings. The minimum Gasteiger partial charge on any atom is -0.497 e. The van der Waals surface area contributed by atoms with E-state index in [1.807, 2.05) is 37.3 Å². The largest absolute Gasteiger partial charge is 0.498 e. The van der Waals surface area contributed by atoms with Gasteiger partial charge in [0, 0.05) is 23.8 Å². The Kier molecular flexibility index (Phi) is 8.85. The summed E-state index contributed by atoms with van der Waals surface area (Å²) in [6.45, 7) is 10.5. The lowest BCUT2D eigenvalue weighted by atomic mass is 9.78. The molecule has 0 bridgehead atoms. The maximum Gasteiger partial charge on any atom is 0.498 e. The third-order valence-electron chi connectivity index (χ3n) is 9.00. The van der Waals surface area contributed by atoms with Crippen molar-refractivity contribution >= 4 is 18.6 Å². The zero-order valence-corrected chi connectivity index (χ0v) is 25.3. The van der Waals surface area contributed by atoms with Crippen LogP contribution in [0.1, 0.15) is 91.0 Å². The Balaban J connectivity index is 1.20. The molecule has 2 aliphatic carbocycles. The van der Waals surface area contributed by atoms with Gasteiger partial charge in [-0.2, -0.15) is 0 Å². The SMILES string of the molecule is CCOC(=O)CC(c1ccnc(O[C@H]2CC[C@H](Oc3cc(OC)ccc3B3OC(C)(C)C(C)(C)O3)CC2)c1)C1CC1. The number of hydrogen-bond donors (Lipinski definition) is 0. The van der Waals surface area contributed by atoms with Crippen molar-refractivity contribution in [3.05, 3.63) is 42.1 Å². The van der Waals surface area contributed by atoms with Gasteiger partial charge in [0.05, 0.1) is 37.4 Å². The van der Waals surface area contributed by atoms with E-state index in [2.05, 4.69) is 32.7 Å². The summed E-state index contributed by atoms with van der Waals surface area (Å²) in [7, 11) is 1.14. The van der Waals surface area contributed by atoms with E-state index < -0.39 is 18.3 Å². The molecule has 1 aromatic carbocycles. The average molecular weight is 566 g/mol. The second kappa shape index (κ2) is 12.2. The van der Waals surface area contributed by atoms with Crippen LogP contribution in [0.25, 0.3) is 0 Å². The second-order valence-corrected chi connectivity index (χ2v) is 12.5. The second-order valence-electron chi connectivity index (χ2n) is 12.5. The highest BCUT2D eigenvalue weighted by molar-refractivity contribution is 6.63. The minimum absolute atomic E-state index is 0.0475. The summed E-state index contributed by atoms with van der Waals surface area (Å²) in [5.74, 6) is 2.63. The molecule has 3 aliphatic rings. The molecule has 5 rings (SSSR count). The van der Waals surface area contributed by atoms with E-state index in [0.717, 1.165) is 61.1 Å². The first-order valence-electron chi connectivity index (χ1n) is 15.1. The monoisotopic (exact) mass is 565 g/mol. The number of rotatable bonds is 11. The van der Waals surface area contributed by atoms with Crippen LogP contribution in [0, 0.1) is 5.92 Å². The molecule has 0 radical (unpaired) electrons. The predicted octanol–water partition coefficient (Wildman–Crippen LogP) is 5.61. The van der Waals surface area contributed by atoms with Crippen LogP contribution in [-0.4, -0.2) is 55.2 Å². The molecular formula is C32H44BNO7. The van der Waals surface area contributed by atoms with Crippen molar-refractivity contribution in [3.63, 3.8) is 0 Å². The van der Waals surface area contributed by atoms with Gasteiger partial charge in [-0.15, -0.1) is 0 Å². The highest BCUT2D eigenvalue weighted by Crippen LogP contribution is 2.45. The molecule has 9 heteroatoms. The Morgan fingerprint density at radius 2 is 1.63 bits per heavy atom. The number of carbonyl (C=O) groups excluding carboxylic acids is 1. The van der Waals surface area contributed by atoms with Crippen molar-refractivity contribution in [1.82, 2.24) is 4.98 Å². The summed E-state index contributed by atoms with van der Waals surface area (Å²) in [5.41, 5.74) is 1.10. The van der Waals surface area contributed by atoms with E-state index in [0.29, 0.717) is 24.8 Å². The lowest BCUT2D eigenvalue weighted by molar-refractivity contribution is -0.143. The van der Waals surface area contributed by atoms with Gasteiger partial charge in [-0.3, -0.25) is 4.79 Å². The molecular weight excluding hydrogens is 521 g/mol. The van der Waals surface area contributed by atoms with Gasteiger partial charge in [0.15, 0.2) is 0 Å². The number of ether oxygens (including phenoxy) is 4. The van der Waals surface area contributed by atoms with Crippen molar-refractivity contribution in [2.24, 2.45) is 5.92 Å². The van der Waals surface area contributed by atoms with Crippen molar-refractivity contribution in [2.45, 2.75) is 109 Å². The molecule has 2 aromatic rings. The van der Waals surface area contributed by atoms with Gasteiger partial charge < -0.3 is 28.3 Å². The topological polar surface area (TPSA) is 85.3 Å². The fourth-order valence-electron chi connectivity index (χ4n) is 5.70. The van der Waals surface area contributed by atoms with E-state index in [1.165, 1.54) is 0 Å². The number of aromatic nitrogens is 1. The Morgan fingerprint density at radius 3 is 2.24 bits per heavy atom. The van der Waals surface area contributed by atoms with Crippen LogP contribution in [0.15, 0.2) is 36.5 Å². The summed E-state index contributed by atoms with van der Waals surface area (Å²) in [6.07, 6.45) is 8.05. The normalized spacial score (nSPS) is 24.0. The van der Waals surface area contributed by atoms with Crippen LogP contribution in [-0.2, 0) is 18.8 Å². The predicted molar refractivity (Wildman–Crippen MR) is 157 cm³/mol. The van der Waals surface area contributed by atoms with Crippen molar-refractivity contribution in [1.29, 1.82) is 0 Å². The number of methoxy groups -OCH3 is 1. The zero-order chi connectivity index (χ0) is 29.2. The van der Waals surface area contributed by atoms with Crippen LogP contribution in [0.3, 0.4) is 0 Å². The van der Waals surface area contributed by atoms with Crippen LogP contribution < -0.4 is 19.7 Å². The van der Waals surface area contributed by atoms with Gasteiger partial charge in [0.2, 0.25) is 5.88 Å². The van der Waals surface area contributed by atoms with E-state index in [9.17, 15) is 4.79 Å². The number of benzene rings is 1. The standard InChI is InChI=1S/C32H44BNO7/c1-7-37-30(35)20-26(21-8-9-21)22-16-17-34-29(18-22)39-24-12-10-23(11-13-24)38-28-19-25(36-6)14-15-27(28)33-40-31(2,3)32(4,5)41-33/h14-19,21,23-24,26H,7-13,20H2,1-6H3/t23-,24-,26?.